The number of nitrogens with zero attached hydrogens (tertiary/aromatic N) is 4. The molecule has 156 valence electrons. The number of aromatic nitrogens is 2. The van der Waals surface area contributed by atoms with E-state index < -0.39 is 17.7 Å². The highest BCUT2D eigenvalue weighted by Crippen LogP contribution is 2.36. The normalized spacial score (nSPS) is 20.1. The van der Waals surface area contributed by atoms with E-state index in [-0.39, 0.29) is 23.8 Å². The van der Waals surface area contributed by atoms with Crippen LogP contribution in [0.2, 0.25) is 0 Å². The second kappa shape index (κ2) is 7.78. The average molecular weight is 410 g/mol. The van der Waals surface area contributed by atoms with Crippen LogP contribution in [0.4, 0.5) is 23.5 Å². The van der Waals surface area contributed by atoms with Crippen molar-refractivity contribution in [3.05, 3.63) is 47.5 Å². The van der Waals surface area contributed by atoms with Gasteiger partial charge in [0.1, 0.15) is 5.69 Å². The zero-order chi connectivity index (χ0) is 20.6. The van der Waals surface area contributed by atoms with Gasteiger partial charge in [0.25, 0.3) is 0 Å². The van der Waals surface area contributed by atoms with Crippen LogP contribution in [-0.4, -0.2) is 47.2 Å². The number of rotatable bonds is 6. The zero-order valence-electron chi connectivity index (χ0n) is 16.0. The third kappa shape index (κ3) is 4.44. The fourth-order valence-electron chi connectivity index (χ4n) is 3.86. The summed E-state index contributed by atoms with van der Waals surface area (Å²) in [6, 6.07) is 6.00. The summed E-state index contributed by atoms with van der Waals surface area (Å²) in [6.07, 6.45) is -0.658. The van der Waals surface area contributed by atoms with E-state index in [1.54, 1.807) is 6.07 Å². The number of halogens is 4. The number of methoxy groups -OCH3 is 1. The van der Waals surface area contributed by atoms with Crippen molar-refractivity contribution in [3.8, 4) is 5.75 Å². The highest BCUT2D eigenvalue weighted by molar-refractivity contribution is 5.38. The van der Waals surface area contributed by atoms with Crippen molar-refractivity contribution in [2.75, 3.05) is 25.1 Å². The number of benzene rings is 1. The molecular weight excluding hydrogens is 388 g/mol. The number of likely N-dealkylation sites (tertiary alicyclic amines) is 1. The molecule has 0 bridgehead atoms. The Morgan fingerprint density at radius 1 is 1.17 bits per heavy atom. The van der Waals surface area contributed by atoms with E-state index in [1.807, 2.05) is 11.0 Å². The first-order valence-electron chi connectivity index (χ1n) is 9.58. The molecule has 4 rings (SSSR count). The number of alkyl halides is 3. The van der Waals surface area contributed by atoms with E-state index in [2.05, 4.69) is 14.9 Å². The first-order chi connectivity index (χ1) is 13.8. The van der Waals surface area contributed by atoms with E-state index in [0.29, 0.717) is 13.1 Å². The van der Waals surface area contributed by atoms with Crippen molar-refractivity contribution in [2.24, 2.45) is 0 Å². The van der Waals surface area contributed by atoms with Gasteiger partial charge in [0.2, 0.25) is 5.95 Å². The number of hydrogen-bond donors (Lipinski definition) is 0. The second-order valence-corrected chi connectivity index (χ2v) is 7.52. The molecule has 1 atom stereocenters. The Morgan fingerprint density at radius 3 is 2.62 bits per heavy atom. The summed E-state index contributed by atoms with van der Waals surface area (Å²) >= 11 is 0. The van der Waals surface area contributed by atoms with E-state index in [9.17, 15) is 17.6 Å². The van der Waals surface area contributed by atoms with Crippen LogP contribution < -0.4 is 9.64 Å². The lowest BCUT2D eigenvalue weighted by Crippen LogP contribution is -2.40. The molecule has 1 saturated heterocycles. The monoisotopic (exact) mass is 410 g/mol. The lowest BCUT2D eigenvalue weighted by atomic mass is 10.2. The van der Waals surface area contributed by atoms with Gasteiger partial charge in [0.05, 0.1) is 7.11 Å². The molecule has 2 fully saturated rings. The molecule has 2 aromatic rings. The summed E-state index contributed by atoms with van der Waals surface area (Å²) in [7, 11) is 1.42. The summed E-state index contributed by atoms with van der Waals surface area (Å²) < 4.78 is 58.1. The van der Waals surface area contributed by atoms with Crippen LogP contribution in [0.15, 0.2) is 30.5 Å². The predicted octanol–water partition coefficient (Wildman–Crippen LogP) is 3.89. The molecule has 0 amide bonds. The predicted molar refractivity (Wildman–Crippen MR) is 99.2 cm³/mol. The largest absolute Gasteiger partial charge is 0.494 e. The first-order valence-corrected chi connectivity index (χ1v) is 9.58. The van der Waals surface area contributed by atoms with Gasteiger partial charge in [0.15, 0.2) is 11.6 Å². The third-order valence-corrected chi connectivity index (χ3v) is 5.37. The number of anilines is 1. The van der Waals surface area contributed by atoms with Crippen molar-refractivity contribution < 1.29 is 22.3 Å². The van der Waals surface area contributed by atoms with Crippen LogP contribution >= 0.6 is 0 Å². The SMILES string of the molecule is COc1ccc(CN2CCC(N(c3nccc(C(F)(F)F)n3)C3CC3)C2)cc1F. The summed E-state index contributed by atoms with van der Waals surface area (Å²) in [6.45, 7) is 2.02. The van der Waals surface area contributed by atoms with Gasteiger partial charge in [0, 0.05) is 37.9 Å². The highest BCUT2D eigenvalue weighted by Gasteiger charge is 2.40. The molecule has 5 nitrogen and oxygen atoms in total. The maximum Gasteiger partial charge on any atom is 0.433 e. The highest BCUT2D eigenvalue weighted by atomic mass is 19.4. The first kappa shape index (κ1) is 19.9. The fraction of sp³-hybridized carbons (Fsp3) is 0.500. The summed E-state index contributed by atoms with van der Waals surface area (Å²) in [5, 5.41) is 0. The van der Waals surface area contributed by atoms with Gasteiger partial charge >= 0.3 is 6.18 Å². The Labute approximate surface area is 166 Å². The average Bonchev–Trinajstić information content (AvgIpc) is 3.41. The lowest BCUT2D eigenvalue weighted by molar-refractivity contribution is -0.141. The van der Waals surface area contributed by atoms with Crippen LogP contribution in [0.3, 0.4) is 0 Å². The van der Waals surface area contributed by atoms with Gasteiger partial charge < -0.3 is 9.64 Å². The molecule has 0 radical (unpaired) electrons. The molecule has 9 heteroatoms. The van der Waals surface area contributed by atoms with Crippen molar-refractivity contribution in [1.82, 2.24) is 14.9 Å². The van der Waals surface area contributed by atoms with E-state index in [1.165, 1.54) is 19.4 Å². The molecule has 0 N–H and O–H groups in total. The summed E-state index contributed by atoms with van der Waals surface area (Å²) in [4.78, 5) is 12.1. The van der Waals surface area contributed by atoms with E-state index >= 15 is 0 Å². The summed E-state index contributed by atoms with van der Waals surface area (Å²) in [5.74, 6) is -0.0583. The topological polar surface area (TPSA) is 41.5 Å². The van der Waals surface area contributed by atoms with Crippen molar-refractivity contribution in [2.45, 2.75) is 44.1 Å². The molecule has 1 aliphatic carbocycles. The molecule has 29 heavy (non-hydrogen) atoms. The molecular formula is C20H22F4N4O. The Balaban J connectivity index is 1.47. The molecule has 2 aliphatic rings. The second-order valence-electron chi connectivity index (χ2n) is 7.52. The third-order valence-electron chi connectivity index (χ3n) is 5.37. The Morgan fingerprint density at radius 2 is 1.97 bits per heavy atom. The maximum atomic E-state index is 13.9. The number of ether oxygens (including phenoxy) is 1. The van der Waals surface area contributed by atoms with E-state index in [0.717, 1.165) is 37.4 Å². The van der Waals surface area contributed by atoms with E-state index in [4.69, 9.17) is 4.74 Å². The van der Waals surface area contributed by atoms with Crippen LogP contribution in [0, 0.1) is 5.82 Å². The van der Waals surface area contributed by atoms with Crippen LogP contribution in [0.5, 0.6) is 5.75 Å². The Bertz CT molecular complexity index is 872. The number of hydrogen-bond acceptors (Lipinski definition) is 5. The fourth-order valence-corrected chi connectivity index (χ4v) is 3.86. The molecule has 1 aromatic heterocycles. The van der Waals surface area contributed by atoms with Gasteiger partial charge in [-0.15, -0.1) is 0 Å². The Hall–Kier alpha value is -2.42. The van der Waals surface area contributed by atoms with Gasteiger partial charge in [-0.1, -0.05) is 6.07 Å². The van der Waals surface area contributed by atoms with Gasteiger partial charge in [-0.3, -0.25) is 4.90 Å². The Kier molecular flexibility index (Phi) is 5.33. The van der Waals surface area contributed by atoms with Crippen molar-refractivity contribution in [1.29, 1.82) is 0 Å². The minimum atomic E-state index is -4.49. The van der Waals surface area contributed by atoms with Crippen molar-refractivity contribution >= 4 is 5.95 Å². The van der Waals surface area contributed by atoms with Crippen LogP contribution in [-0.2, 0) is 12.7 Å². The maximum absolute atomic E-state index is 13.9. The quantitative estimate of drug-likeness (QED) is 0.676. The molecule has 1 unspecified atom stereocenters. The molecule has 1 saturated carbocycles. The van der Waals surface area contributed by atoms with Crippen molar-refractivity contribution in [3.63, 3.8) is 0 Å². The minimum absolute atomic E-state index is 0.0362. The van der Waals surface area contributed by atoms with Gasteiger partial charge in [-0.2, -0.15) is 13.2 Å². The molecule has 1 aromatic carbocycles. The molecule has 2 heterocycles. The lowest BCUT2D eigenvalue weighted by Gasteiger charge is -2.29. The van der Waals surface area contributed by atoms with Crippen LogP contribution in [0.25, 0.3) is 0 Å². The summed E-state index contributed by atoms with van der Waals surface area (Å²) in [5.41, 5.74) is -0.0889. The molecule has 0 spiro atoms. The van der Waals surface area contributed by atoms with Gasteiger partial charge in [-0.25, -0.2) is 14.4 Å². The molecule has 1 aliphatic heterocycles. The van der Waals surface area contributed by atoms with Crippen LogP contribution in [0.1, 0.15) is 30.5 Å². The smallest absolute Gasteiger partial charge is 0.433 e. The standard InChI is InChI=1S/C20H22F4N4O/c1-29-17-5-2-13(10-16(17)21)11-27-9-7-15(12-27)28(14-3-4-14)19-25-8-6-18(26-19)20(22,23)24/h2,5-6,8,10,14-15H,3-4,7,9,11-12H2,1H3. The minimum Gasteiger partial charge on any atom is -0.494 e. The van der Waals surface area contributed by atoms with Gasteiger partial charge in [-0.05, 0) is 43.0 Å². The zero-order valence-corrected chi connectivity index (χ0v) is 16.0.